The molecule has 3 nitrogen and oxygen atoms in total. The Morgan fingerprint density at radius 3 is 2.78 bits per heavy atom. The average Bonchev–Trinajstić information content (AvgIpc) is 2.42. The van der Waals surface area contributed by atoms with Gasteiger partial charge in [0.1, 0.15) is 0 Å². The van der Waals surface area contributed by atoms with Gasteiger partial charge in [-0.3, -0.25) is 0 Å². The molecule has 0 N–H and O–H groups in total. The summed E-state index contributed by atoms with van der Waals surface area (Å²) in [5, 5.41) is 4.62. The van der Waals surface area contributed by atoms with E-state index in [0.717, 1.165) is 21.9 Å². The number of rotatable bonds is 1. The maximum atomic E-state index is 11.0. The van der Waals surface area contributed by atoms with E-state index in [-0.39, 0.29) is 0 Å². The van der Waals surface area contributed by atoms with Crippen LogP contribution in [0.2, 0.25) is 0 Å². The Bertz CT molecular complexity index is 586. The number of nitroso groups, excluding NO2 is 1. The SMILES string of the molecule is O=NN1Cc2cccc(c2)CSc2cccc1c2. The number of thioether (sulfide) groups is 1. The van der Waals surface area contributed by atoms with Crippen molar-refractivity contribution in [2.45, 2.75) is 17.2 Å². The molecule has 0 saturated carbocycles. The van der Waals surface area contributed by atoms with Crippen molar-refractivity contribution in [2.75, 3.05) is 5.01 Å². The number of hydrogen-bond acceptors (Lipinski definition) is 3. The third kappa shape index (κ3) is 2.24. The first-order valence-corrected chi connectivity index (χ1v) is 6.75. The number of hydrogen-bond donors (Lipinski definition) is 0. The van der Waals surface area contributed by atoms with Gasteiger partial charge in [-0.1, -0.05) is 30.3 Å². The first-order chi connectivity index (χ1) is 8.85. The zero-order valence-corrected chi connectivity index (χ0v) is 10.6. The van der Waals surface area contributed by atoms with Crippen molar-refractivity contribution in [3.05, 3.63) is 64.6 Å². The van der Waals surface area contributed by atoms with Crippen LogP contribution in [-0.2, 0) is 12.3 Å². The fourth-order valence-electron chi connectivity index (χ4n) is 2.06. The van der Waals surface area contributed by atoms with Crippen LogP contribution in [0, 0.1) is 4.91 Å². The lowest BCUT2D eigenvalue weighted by Gasteiger charge is -2.18. The fraction of sp³-hybridized carbons (Fsp3) is 0.143. The normalized spacial score (nSPS) is 14.1. The number of fused-ring (bicyclic) bond motifs is 4. The molecule has 0 aliphatic carbocycles. The van der Waals surface area contributed by atoms with E-state index >= 15 is 0 Å². The summed E-state index contributed by atoms with van der Waals surface area (Å²) in [6, 6.07) is 16.3. The van der Waals surface area contributed by atoms with Crippen LogP contribution < -0.4 is 5.01 Å². The van der Waals surface area contributed by atoms with Crippen molar-refractivity contribution < 1.29 is 0 Å². The average molecular weight is 256 g/mol. The maximum absolute atomic E-state index is 11.0. The highest BCUT2D eigenvalue weighted by Gasteiger charge is 2.11. The summed E-state index contributed by atoms with van der Waals surface area (Å²) in [4.78, 5) is 12.2. The number of benzene rings is 2. The van der Waals surface area contributed by atoms with Crippen LogP contribution in [0.1, 0.15) is 11.1 Å². The lowest BCUT2D eigenvalue weighted by molar-refractivity contribution is 0.843. The molecule has 0 amide bonds. The Morgan fingerprint density at radius 1 is 1.06 bits per heavy atom. The highest BCUT2D eigenvalue weighted by Crippen LogP contribution is 2.29. The van der Waals surface area contributed by atoms with Gasteiger partial charge in [0, 0.05) is 10.6 Å². The van der Waals surface area contributed by atoms with E-state index in [1.807, 2.05) is 30.3 Å². The number of nitrogens with zero attached hydrogens (tertiary/aromatic N) is 2. The minimum atomic E-state index is 0.519. The number of anilines is 1. The van der Waals surface area contributed by atoms with Gasteiger partial charge < -0.3 is 0 Å². The second-order valence-electron chi connectivity index (χ2n) is 4.25. The maximum Gasteiger partial charge on any atom is 0.0698 e. The molecule has 0 unspecified atom stereocenters. The van der Waals surface area contributed by atoms with Crippen molar-refractivity contribution in [1.29, 1.82) is 0 Å². The van der Waals surface area contributed by atoms with E-state index < -0.39 is 0 Å². The summed E-state index contributed by atoms with van der Waals surface area (Å²) < 4.78 is 0. The van der Waals surface area contributed by atoms with Gasteiger partial charge in [0.25, 0.3) is 0 Å². The Labute approximate surface area is 110 Å². The summed E-state index contributed by atoms with van der Waals surface area (Å²) in [5.74, 6) is 0.950. The molecule has 0 atom stereocenters. The molecular weight excluding hydrogens is 244 g/mol. The van der Waals surface area contributed by atoms with E-state index in [2.05, 4.69) is 23.5 Å². The highest BCUT2D eigenvalue weighted by atomic mass is 32.2. The minimum Gasteiger partial charge on any atom is -0.225 e. The van der Waals surface area contributed by atoms with Gasteiger partial charge in [-0.2, -0.15) is 0 Å². The van der Waals surface area contributed by atoms with Crippen LogP contribution in [0.4, 0.5) is 5.69 Å². The zero-order chi connectivity index (χ0) is 12.4. The van der Waals surface area contributed by atoms with Crippen LogP contribution in [0.5, 0.6) is 0 Å². The highest BCUT2D eigenvalue weighted by molar-refractivity contribution is 7.98. The van der Waals surface area contributed by atoms with Crippen LogP contribution >= 0.6 is 11.8 Å². The summed E-state index contributed by atoms with van der Waals surface area (Å²) in [6.07, 6.45) is 0. The predicted molar refractivity (Wildman–Crippen MR) is 74.4 cm³/mol. The molecular formula is C14H12N2OS. The standard InChI is InChI=1S/C14H12N2OS/c17-15-16-9-11-3-1-4-12(7-11)10-18-14-6-2-5-13(16)8-14/h1-8H,9-10H2. The van der Waals surface area contributed by atoms with Crippen molar-refractivity contribution >= 4 is 17.4 Å². The first-order valence-electron chi connectivity index (χ1n) is 5.77. The lowest BCUT2D eigenvalue weighted by Crippen LogP contribution is -2.15. The van der Waals surface area contributed by atoms with Gasteiger partial charge >= 0.3 is 0 Å². The molecule has 1 aliphatic rings. The second kappa shape index (κ2) is 4.82. The molecule has 0 radical (unpaired) electrons. The van der Waals surface area contributed by atoms with Crippen LogP contribution in [-0.4, -0.2) is 0 Å². The molecule has 90 valence electrons. The Hall–Kier alpha value is -1.81. The second-order valence-corrected chi connectivity index (χ2v) is 5.29. The van der Waals surface area contributed by atoms with E-state index in [9.17, 15) is 4.91 Å². The molecule has 0 aromatic heterocycles. The molecule has 1 heterocycles. The monoisotopic (exact) mass is 256 g/mol. The van der Waals surface area contributed by atoms with Crippen molar-refractivity contribution in [2.24, 2.45) is 5.29 Å². The Kier molecular flexibility index (Phi) is 3.02. The van der Waals surface area contributed by atoms with Crippen LogP contribution in [0.15, 0.2) is 58.7 Å². The molecule has 4 heteroatoms. The topological polar surface area (TPSA) is 32.7 Å². The van der Waals surface area contributed by atoms with Gasteiger partial charge in [-0.05, 0) is 29.3 Å². The van der Waals surface area contributed by atoms with Gasteiger partial charge in [0.15, 0.2) is 0 Å². The molecule has 4 bridgehead atoms. The van der Waals surface area contributed by atoms with Gasteiger partial charge in [-0.15, -0.1) is 16.7 Å². The molecule has 2 aromatic carbocycles. The quantitative estimate of drug-likeness (QED) is 0.723. The Balaban J connectivity index is 2.06. The summed E-state index contributed by atoms with van der Waals surface area (Å²) in [7, 11) is 0. The van der Waals surface area contributed by atoms with E-state index in [1.54, 1.807) is 11.8 Å². The lowest BCUT2D eigenvalue weighted by atomic mass is 10.1. The van der Waals surface area contributed by atoms with E-state index in [0.29, 0.717) is 6.54 Å². The smallest absolute Gasteiger partial charge is 0.0698 e. The molecule has 0 fully saturated rings. The molecule has 3 rings (SSSR count). The van der Waals surface area contributed by atoms with Gasteiger partial charge in [0.2, 0.25) is 0 Å². The van der Waals surface area contributed by atoms with E-state index in [4.69, 9.17) is 0 Å². The predicted octanol–water partition coefficient (Wildman–Crippen LogP) is 3.98. The third-order valence-corrected chi connectivity index (χ3v) is 4.01. The molecule has 2 aromatic rings. The van der Waals surface area contributed by atoms with Crippen LogP contribution in [0.25, 0.3) is 0 Å². The van der Waals surface area contributed by atoms with E-state index in [1.165, 1.54) is 10.6 Å². The van der Waals surface area contributed by atoms with Gasteiger partial charge in [0.05, 0.1) is 17.5 Å². The minimum absolute atomic E-state index is 0.519. The molecule has 0 spiro atoms. The summed E-state index contributed by atoms with van der Waals surface area (Å²) >= 11 is 1.77. The molecule has 0 saturated heterocycles. The molecule has 1 aliphatic heterocycles. The summed E-state index contributed by atoms with van der Waals surface area (Å²) in [5.41, 5.74) is 3.23. The van der Waals surface area contributed by atoms with Crippen molar-refractivity contribution in [3.63, 3.8) is 0 Å². The largest absolute Gasteiger partial charge is 0.225 e. The van der Waals surface area contributed by atoms with Crippen molar-refractivity contribution in [3.8, 4) is 0 Å². The first kappa shape index (κ1) is 11.3. The Morgan fingerprint density at radius 2 is 1.89 bits per heavy atom. The van der Waals surface area contributed by atoms with Crippen LogP contribution in [0.3, 0.4) is 0 Å². The van der Waals surface area contributed by atoms with Gasteiger partial charge in [-0.25, -0.2) is 5.01 Å². The third-order valence-electron chi connectivity index (χ3n) is 2.94. The zero-order valence-electron chi connectivity index (χ0n) is 9.74. The van der Waals surface area contributed by atoms with Crippen molar-refractivity contribution in [1.82, 2.24) is 0 Å². The molecule has 18 heavy (non-hydrogen) atoms. The fourth-order valence-corrected chi connectivity index (χ4v) is 2.95. The summed E-state index contributed by atoms with van der Waals surface area (Å²) in [6.45, 7) is 0.519.